The van der Waals surface area contributed by atoms with Crippen LogP contribution < -0.4 is 5.73 Å². The molecule has 3 aromatic carbocycles. The van der Waals surface area contributed by atoms with Gasteiger partial charge in [-0.3, -0.25) is 0 Å². The molecule has 0 aliphatic carbocycles. The van der Waals surface area contributed by atoms with Crippen LogP contribution in [0.5, 0.6) is 0 Å². The van der Waals surface area contributed by atoms with Gasteiger partial charge in [0.2, 0.25) is 0 Å². The Morgan fingerprint density at radius 1 is 1.04 bits per heavy atom. The number of nitrogens with zero attached hydrogens (tertiary/aromatic N) is 2. The van der Waals surface area contributed by atoms with E-state index in [1.54, 1.807) is 12.1 Å². The quantitative estimate of drug-likeness (QED) is 0.454. The van der Waals surface area contributed by atoms with E-state index in [9.17, 15) is 4.39 Å². The molecule has 2 aromatic heterocycles. The van der Waals surface area contributed by atoms with Crippen molar-refractivity contribution in [3.63, 3.8) is 0 Å². The lowest BCUT2D eigenvalue weighted by molar-refractivity contribution is 0.435. The molecule has 4 nitrogen and oxygen atoms in total. The molecule has 0 bridgehead atoms. The van der Waals surface area contributed by atoms with Crippen molar-refractivity contribution in [1.82, 2.24) is 9.72 Å². The second-order valence-electron chi connectivity index (χ2n) is 7.09. The summed E-state index contributed by atoms with van der Waals surface area (Å²) in [5.74, 6) is 0.417. The number of hydrogen-bond acceptors (Lipinski definition) is 3. The molecular weight excluding hydrogens is 353 g/mol. The topological polar surface area (TPSA) is 57.0 Å². The second-order valence-corrected chi connectivity index (χ2v) is 7.09. The van der Waals surface area contributed by atoms with E-state index in [1.807, 2.05) is 25.3 Å². The number of anilines is 1. The molecule has 0 fully saturated rings. The summed E-state index contributed by atoms with van der Waals surface area (Å²) in [5, 5.41) is 7.01. The number of nitrogens with two attached hydrogens (primary N) is 1. The minimum Gasteiger partial charge on any atom is -0.381 e. The van der Waals surface area contributed by atoms with Gasteiger partial charge in [-0.1, -0.05) is 41.6 Å². The highest BCUT2D eigenvalue weighted by molar-refractivity contribution is 5.96. The SMILES string of the molecule is Cc1cn(Cc2ccc3ccccc3c2)c2c(-c3cc(N)no3)cc(F)cc12. The summed E-state index contributed by atoms with van der Waals surface area (Å²) in [4.78, 5) is 0. The molecule has 0 saturated heterocycles. The van der Waals surface area contributed by atoms with E-state index in [2.05, 4.69) is 40.1 Å². The molecule has 0 aliphatic heterocycles. The Morgan fingerprint density at radius 3 is 2.64 bits per heavy atom. The van der Waals surface area contributed by atoms with Crippen molar-refractivity contribution >= 4 is 27.5 Å². The van der Waals surface area contributed by atoms with E-state index in [1.165, 1.54) is 22.4 Å². The Kier molecular flexibility index (Phi) is 3.69. The van der Waals surface area contributed by atoms with Crippen molar-refractivity contribution < 1.29 is 8.91 Å². The van der Waals surface area contributed by atoms with Gasteiger partial charge in [0.05, 0.1) is 5.52 Å². The lowest BCUT2D eigenvalue weighted by Crippen LogP contribution is -1.99. The molecule has 5 heteroatoms. The molecule has 5 rings (SSSR count). The molecule has 28 heavy (non-hydrogen) atoms. The van der Waals surface area contributed by atoms with Gasteiger partial charge in [-0.05, 0) is 47.0 Å². The number of benzene rings is 3. The summed E-state index contributed by atoms with van der Waals surface area (Å²) >= 11 is 0. The summed E-state index contributed by atoms with van der Waals surface area (Å²) in [5.41, 5.74) is 9.44. The summed E-state index contributed by atoms with van der Waals surface area (Å²) < 4.78 is 21.7. The molecule has 0 aliphatic rings. The molecule has 138 valence electrons. The number of aromatic nitrogens is 2. The Balaban J connectivity index is 1.68. The summed E-state index contributed by atoms with van der Waals surface area (Å²) in [6.07, 6.45) is 2.04. The largest absolute Gasteiger partial charge is 0.381 e. The van der Waals surface area contributed by atoms with Crippen LogP contribution in [0.4, 0.5) is 10.2 Å². The fraction of sp³-hybridized carbons (Fsp3) is 0.0870. The molecular formula is C23H18FN3O. The van der Waals surface area contributed by atoms with Crippen LogP contribution in [0.15, 0.2) is 71.4 Å². The van der Waals surface area contributed by atoms with E-state index < -0.39 is 0 Å². The lowest BCUT2D eigenvalue weighted by atomic mass is 10.1. The van der Waals surface area contributed by atoms with E-state index in [0.29, 0.717) is 17.9 Å². The minimum atomic E-state index is -0.316. The Bertz CT molecular complexity index is 1330. The smallest absolute Gasteiger partial charge is 0.171 e. The van der Waals surface area contributed by atoms with Crippen molar-refractivity contribution in [1.29, 1.82) is 0 Å². The predicted octanol–water partition coefficient (Wildman–Crippen LogP) is 5.53. The van der Waals surface area contributed by atoms with Gasteiger partial charge in [-0.25, -0.2) is 4.39 Å². The molecule has 0 amide bonds. The van der Waals surface area contributed by atoms with Crippen LogP contribution in [0.1, 0.15) is 11.1 Å². The zero-order valence-corrected chi connectivity index (χ0v) is 15.3. The predicted molar refractivity (Wildman–Crippen MR) is 110 cm³/mol. The number of rotatable bonds is 3. The standard InChI is InChI=1S/C23H18FN3O/c1-14-12-27(13-15-6-7-16-4-2-3-5-17(16)8-15)23-19(14)9-18(24)10-20(23)21-11-22(25)26-28-21/h2-12H,13H2,1H3,(H2,25,26). The third-order valence-electron chi connectivity index (χ3n) is 5.10. The zero-order chi connectivity index (χ0) is 19.3. The van der Waals surface area contributed by atoms with Gasteiger partial charge in [-0.2, -0.15) is 0 Å². The van der Waals surface area contributed by atoms with Crippen LogP contribution in [0.2, 0.25) is 0 Å². The van der Waals surface area contributed by atoms with Gasteiger partial charge >= 0.3 is 0 Å². The number of nitrogen functional groups attached to an aromatic ring is 1. The molecule has 2 N–H and O–H groups in total. The summed E-state index contributed by atoms with van der Waals surface area (Å²) in [7, 11) is 0. The minimum absolute atomic E-state index is 0.275. The van der Waals surface area contributed by atoms with Crippen molar-refractivity contribution in [2.75, 3.05) is 5.73 Å². The van der Waals surface area contributed by atoms with Gasteiger partial charge in [0, 0.05) is 29.8 Å². The van der Waals surface area contributed by atoms with Crippen molar-refractivity contribution in [2.24, 2.45) is 0 Å². The first-order valence-electron chi connectivity index (χ1n) is 9.08. The van der Waals surface area contributed by atoms with Crippen molar-refractivity contribution in [2.45, 2.75) is 13.5 Å². The molecule has 5 aromatic rings. The van der Waals surface area contributed by atoms with E-state index >= 15 is 0 Å². The number of hydrogen-bond donors (Lipinski definition) is 1. The number of aryl methyl sites for hydroxylation is 1. The highest BCUT2D eigenvalue weighted by Crippen LogP contribution is 2.34. The van der Waals surface area contributed by atoms with Crippen LogP contribution in [-0.2, 0) is 6.54 Å². The van der Waals surface area contributed by atoms with E-state index in [4.69, 9.17) is 10.3 Å². The Labute approximate surface area is 161 Å². The van der Waals surface area contributed by atoms with Crippen LogP contribution >= 0.6 is 0 Å². The van der Waals surface area contributed by atoms with Gasteiger partial charge in [-0.15, -0.1) is 0 Å². The molecule has 0 atom stereocenters. The first-order valence-corrected chi connectivity index (χ1v) is 9.08. The highest BCUT2D eigenvalue weighted by atomic mass is 19.1. The van der Waals surface area contributed by atoms with Crippen molar-refractivity contribution in [3.8, 4) is 11.3 Å². The second kappa shape index (κ2) is 6.23. The van der Waals surface area contributed by atoms with E-state index in [0.717, 1.165) is 16.5 Å². The Morgan fingerprint density at radius 2 is 1.86 bits per heavy atom. The van der Waals surface area contributed by atoms with Crippen LogP contribution in [-0.4, -0.2) is 9.72 Å². The molecule has 0 radical (unpaired) electrons. The molecule has 0 unspecified atom stereocenters. The van der Waals surface area contributed by atoms with Gasteiger partial charge in [0.1, 0.15) is 5.82 Å². The first-order chi connectivity index (χ1) is 13.6. The highest BCUT2D eigenvalue weighted by Gasteiger charge is 2.17. The maximum absolute atomic E-state index is 14.3. The fourth-order valence-electron chi connectivity index (χ4n) is 3.84. The normalized spacial score (nSPS) is 11.5. The third kappa shape index (κ3) is 2.72. The fourth-order valence-corrected chi connectivity index (χ4v) is 3.84. The Hall–Kier alpha value is -3.60. The summed E-state index contributed by atoms with van der Waals surface area (Å²) in [6.45, 7) is 2.65. The van der Waals surface area contributed by atoms with Gasteiger partial charge in [0.25, 0.3) is 0 Å². The average molecular weight is 371 g/mol. The summed E-state index contributed by atoms with van der Waals surface area (Å²) in [6, 6.07) is 19.4. The molecule has 2 heterocycles. The lowest BCUT2D eigenvalue weighted by Gasteiger charge is -2.10. The number of halogens is 1. The van der Waals surface area contributed by atoms with E-state index in [-0.39, 0.29) is 11.6 Å². The number of fused-ring (bicyclic) bond motifs is 2. The average Bonchev–Trinajstić information content (AvgIpc) is 3.25. The molecule has 0 spiro atoms. The third-order valence-corrected chi connectivity index (χ3v) is 5.10. The maximum Gasteiger partial charge on any atom is 0.171 e. The van der Waals surface area contributed by atoms with Gasteiger partial charge < -0.3 is 14.8 Å². The first kappa shape index (κ1) is 16.6. The van der Waals surface area contributed by atoms with Gasteiger partial charge in [0.15, 0.2) is 11.6 Å². The monoisotopic (exact) mass is 371 g/mol. The maximum atomic E-state index is 14.3. The zero-order valence-electron chi connectivity index (χ0n) is 15.3. The van der Waals surface area contributed by atoms with Crippen LogP contribution in [0.25, 0.3) is 33.0 Å². The van der Waals surface area contributed by atoms with Crippen LogP contribution in [0.3, 0.4) is 0 Å². The molecule has 0 saturated carbocycles. The van der Waals surface area contributed by atoms with Crippen molar-refractivity contribution in [3.05, 3.63) is 83.8 Å². The van der Waals surface area contributed by atoms with Crippen LogP contribution in [0, 0.1) is 12.7 Å².